The second kappa shape index (κ2) is 7.63. The van der Waals surface area contributed by atoms with Gasteiger partial charge in [-0.3, -0.25) is 14.9 Å². The van der Waals surface area contributed by atoms with Crippen LogP contribution in [0, 0.1) is 0 Å². The van der Waals surface area contributed by atoms with Crippen LogP contribution in [0.4, 0.5) is 10.5 Å². The van der Waals surface area contributed by atoms with E-state index in [-0.39, 0.29) is 11.3 Å². The van der Waals surface area contributed by atoms with E-state index in [0.717, 1.165) is 4.90 Å². The summed E-state index contributed by atoms with van der Waals surface area (Å²) in [6, 6.07) is 10.8. The number of hydrogen-bond acceptors (Lipinski definition) is 5. The van der Waals surface area contributed by atoms with Crippen LogP contribution in [0.1, 0.15) is 5.56 Å². The summed E-state index contributed by atoms with van der Waals surface area (Å²) >= 11 is 3.36. The summed E-state index contributed by atoms with van der Waals surface area (Å²) in [6.07, 6.45) is 1.41. The number of nitrogens with zero attached hydrogens (tertiary/aromatic N) is 1. The Morgan fingerprint density at radius 1 is 1.00 bits per heavy atom. The number of amides is 4. The van der Waals surface area contributed by atoms with Crippen LogP contribution >= 0.6 is 15.9 Å². The fourth-order valence-corrected chi connectivity index (χ4v) is 3.19. The zero-order valence-corrected chi connectivity index (χ0v) is 16.1. The van der Waals surface area contributed by atoms with E-state index in [1.807, 2.05) is 0 Å². The average Bonchev–Trinajstić information content (AvgIpc) is 2.65. The minimum absolute atomic E-state index is 0.169. The molecule has 0 bridgehead atoms. The van der Waals surface area contributed by atoms with Gasteiger partial charge in [0.2, 0.25) is 0 Å². The van der Waals surface area contributed by atoms with Crippen molar-refractivity contribution in [3.05, 3.63) is 58.1 Å². The highest BCUT2D eigenvalue weighted by Gasteiger charge is 2.38. The first-order valence-electron chi connectivity index (χ1n) is 7.84. The zero-order chi connectivity index (χ0) is 19.6. The molecule has 1 fully saturated rings. The van der Waals surface area contributed by atoms with Gasteiger partial charge < -0.3 is 9.47 Å². The van der Waals surface area contributed by atoms with Crippen LogP contribution in [0.25, 0.3) is 6.08 Å². The smallest absolute Gasteiger partial charge is 0.336 e. The third-order valence-corrected chi connectivity index (χ3v) is 4.53. The SMILES string of the molecule is COc1ccc(/C=C2\C(=O)NC(=O)N(c3ccccc3OC)C2=O)cc1Br. The Hall–Kier alpha value is -3.13. The predicted octanol–water partition coefficient (Wildman–Crippen LogP) is 3.13. The van der Waals surface area contributed by atoms with E-state index in [9.17, 15) is 14.4 Å². The van der Waals surface area contributed by atoms with Gasteiger partial charge >= 0.3 is 6.03 Å². The lowest BCUT2D eigenvalue weighted by atomic mass is 10.1. The number of carbonyl (C=O) groups excluding carboxylic acids is 3. The zero-order valence-electron chi connectivity index (χ0n) is 14.5. The minimum atomic E-state index is -0.831. The van der Waals surface area contributed by atoms with E-state index in [0.29, 0.717) is 21.5 Å². The summed E-state index contributed by atoms with van der Waals surface area (Å²) in [4.78, 5) is 38.3. The Balaban J connectivity index is 2.03. The maximum atomic E-state index is 12.9. The van der Waals surface area contributed by atoms with Crippen molar-refractivity contribution in [3.8, 4) is 11.5 Å². The molecule has 0 aromatic heterocycles. The third kappa shape index (κ3) is 3.56. The van der Waals surface area contributed by atoms with Crippen molar-refractivity contribution in [2.45, 2.75) is 0 Å². The normalized spacial score (nSPS) is 15.7. The lowest BCUT2D eigenvalue weighted by molar-refractivity contribution is -0.122. The van der Waals surface area contributed by atoms with Gasteiger partial charge in [-0.15, -0.1) is 0 Å². The molecule has 0 unspecified atom stereocenters. The average molecular weight is 431 g/mol. The second-order valence-electron chi connectivity index (χ2n) is 5.52. The fraction of sp³-hybridized carbons (Fsp3) is 0.105. The molecule has 4 amide bonds. The van der Waals surface area contributed by atoms with Gasteiger partial charge in [0.1, 0.15) is 17.1 Å². The molecule has 7 nitrogen and oxygen atoms in total. The van der Waals surface area contributed by atoms with Gasteiger partial charge in [0.25, 0.3) is 11.8 Å². The molecule has 1 aliphatic rings. The molecule has 27 heavy (non-hydrogen) atoms. The number of imide groups is 2. The van der Waals surface area contributed by atoms with Crippen molar-refractivity contribution in [1.82, 2.24) is 5.32 Å². The van der Waals surface area contributed by atoms with Crippen LogP contribution < -0.4 is 19.7 Å². The van der Waals surface area contributed by atoms with E-state index >= 15 is 0 Å². The van der Waals surface area contributed by atoms with Crippen molar-refractivity contribution in [2.24, 2.45) is 0 Å². The first-order chi connectivity index (χ1) is 13.0. The van der Waals surface area contributed by atoms with Crippen LogP contribution in [-0.2, 0) is 9.59 Å². The fourth-order valence-electron chi connectivity index (χ4n) is 2.63. The molecule has 1 aliphatic heterocycles. The number of nitrogens with one attached hydrogen (secondary N) is 1. The van der Waals surface area contributed by atoms with Crippen molar-refractivity contribution in [2.75, 3.05) is 19.1 Å². The number of para-hydroxylation sites is 2. The number of anilines is 1. The molecule has 138 valence electrons. The Kier molecular flexibility index (Phi) is 5.27. The molecule has 0 saturated carbocycles. The Morgan fingerprint density at radius 2 is 1.70 bits per heavy atom. The van der Waals surface area contributed by atoms with Crippen molar-refractivity contribution >= 4 is 45.5 Å². The van der Waals surface area contributed by atoms with Gasteiger partial charge in [0.05, 0.1) is 24.4 Å². The molecule has 0 atom stereocenters. The lowest BCUT2D eigenvalue weighted by Gasteiger charge is -2.27. The Labute approximate surface area is 163 Å². The number of rotatable bonds is 4. The van der Waals surface area contributed by atoms with E-state index in [1.165, 1.54) is 20.3 Å². The topological polar surface area (TPSA) is 84.9 Å². The number of ether oxygens (including phenoxy) is 2. The largest absolute Gasteiger partial charge is 0.496 e. The van der Waals surface area contributed by atoms with Gasteiger partial charge in [-0.1, -0.05) is 18.2 Å². The third-order valence-electron chi connectivity index (χ3n) is 3.91. The molecule has 8 heteroatoms. The van der Waals surface area contributed by atoms with Gasteiger partial charge in [0.15, 0.2) is 0 Å². The van der Waals surface area contributed by atoms with Crippen LogP contribution in [0.3, 0.4) is 0 Å². The molecule has 0 spiro atoms. The van der Waals surface area contributed by atoms with E-state index in [2.05, 4.69) is 21.2 Å². The highest BCUT2D eigenvalue weighted by Crippen LogP contribution is 2.31. The highest BCUT2D eigenvalue weighted by molar-refractivity contribution is 9.10. The van der Waals surface area contributed by atoms with Crippen molar-refractivity contribution < 1.29 is 23.9 Å². The van der Waals surface area contributed by atoms with Gasteiger partial charge in [-0.05, 0) is 51.8 Å². The number of hydrogen-bond donors (Lipinski definition) is 1. The number of halogens is 1. The molecular formula is C19H15BrN2O5. The standard InChI is InChI=1S/C19H15BrN2O5/c1-26-15-8-7-11(10-13(15)20)9-12-17(23)21-19(25)22(18(12)24)14-5-3-4-6-16(14)27-2/h3-10H,1-2H3,(H,21,23,25)/b12-9+. The van der Waals surface area contributed by atoms with Crippen LogP contribution in [0.15, 0.2) is 52.5 Å². The first-order valence-corrected chi connectivity index (χ1v) is 8.63. The summed E-state index contributed by atoms with van der Waals surface area (Å²) in [6.45, 7) is 0. The summed E-state index contributed by atoms with van der Waals surface area (Å²) in [5, 5.41) is 2.18. The Morgan fingerprint density at radius 3 is 2.37 bits per heavy atom. The molecular weight excluding hydrogens is 416 g/mol. The predicted molar refractivity (Wildman–Crippen MR) is 103 cm³/mol. The van der Waals surface area contributed by atoms with E-state index in [4.69, 9.17) is 9.47 Å². The molecule has 2 aromatic carbocycles. The number of carbonyl (C=O) groups is 3. The van der Waals surface area contributed by atoms with E-state index < -0.39 is 17.8 Å². The number of methoxy groups -OCH3 is 2. The summed E-state index contributed by atoms with van der Waals surface area (Å²) in [7, 11) is 2.97. The molecule has 0 aliphatic carbocycles. The maximum absolute atomic E-state index is 12.9. The summed E-state index contributed by atoms with van der Waals surface area (Å²) < 4.78 is 11.1. The molecule has 0 radical (unpaired) electrons. The summed E-state index contributed by atoms with van der Waals surface area (Å²) in [5.74, 6) is -0.549. The molecule has 1 heterocycles. The quantitative estimate of drug-likeness (QED) is 0.594. The van der Waals surface area contributed by atoms with Crippen LogP contribution in [-0.4, -0.2) is 32.1 Å². The van der Waals surface area contributed by atoms with Gasteiger partial charge in [0, 0.05) is 0 Å². The molecule has 3 rings (SSSR count). The number of barbiturate groups is 1. The lowest BCUT2D eigenvalue weighted by Crippen LogP contribution is -2.54. The van der Waals surface area contributed by atoms with Crippen LogP contribution in [0.5, 0.6) is 11.5 Å². The Bertz CT molecular complexity index is 970. The molecule has 1 saturated heterocycles. The van der Waals surface area contributed by atoms with Crippen molar-refractivity contribution in [3.63, 3.8) is 0 Å². The minimum Gasteiger partial charge on any atom is -0.496 e. The number of benzene rings is 2. The molecule has 1 N–H and O–H groups in total. The van der Waals surface area contributed by atoms with Gasteiger partial charge in [-0.25, -0.2) is 9.69 Å². The monoisotopic (exact) mass is 430 g/mol. The maximum Gasteiger partial charge on any atom is 0.336 e. The van der Waals surface area contributed by atoms with Crippen LogP contribution in [0.2, 0.25) is 0 Å². The number of urea groups is 1. The van der Waals surface area contributed by atoms with E-state index in [1.54, 1.807) is 42.5 Å². The van der Waals surface area contributed by atoms with Crippen molar-refractivity contribution in [1.29, 1.82) is 0 Å². The molecule has 2 aromatic rings. The summed E-state index contributed by atoms with van der Waals surface area (Å²) in [5.41, 5.74) is 0.671. The highest BCUT2D eigenvalue weighted by atomic mass is 79.9. The first kappa shape index (κ1) is 18.7. The van der Waals surface area contributed by atoms with Gasteiger partial charge in [-0.2, -0.15) is 0 Å². The second-order valence-corrected chi connectivity index (χ2v) is 6.38.